The molecule has 0 bridgehead atoms. The Kier molecular flexibility index (Phi) is 1.25. The maximum absolute atomic E-state index is 5.43. The predicted molar refractivity (Wildman–Crippen MR) is 41.0 cm³/mol. The first-order chi connectivity index (χ1) is 5.36. The highest BCUT2D eigenvalue weighted by atomic mass is 16.5. The predicted octanol–water partition coefficient (Wildman–Crippen LogP) is 0.463. The first-order valence-electron chi connectivity index (χ1n) is 3.27. The molecular weight excluding hydrogens is 142 g/mol. The van der Waals surface area contributed by atoms with Gasteiger partial charge >= 0.3 is 0 Å². The number of aromatic nitrogens is 1. The van der Waals surface area contributed by atoms with Crippen LogP contribution in [-0.4, -0.2) is 17.4 Å². The molecule has 2 heterocycles. The minimum atomic E-state index is 0.360. The minimum absolute atomic E-state index is 0.360. The third-order valence-electron chi connectivity index (χ3n) is 1.38. The zero-order valence-corrected chi connectivity index (χ0v) is 5.82. The van der Waals surface area contributed by atoms with Crippen LogP contribution in [0.5, 0.6) is 5.75 Å². The fourth-order valence-electron chi connectivity index (χ4n) is 0.899. The topological polar surface area (TPSA) is 60.5 Å². The van der Waals surface area contributed by atoms with Crippen molar-refractivity contribution < 1.29 is 4.74 Å². The quantitative estimate of drug-likeness (QED) is 0.583. The SMILES string of the molecule is NC1=Nc2ncccc2OC1. The Bertz CT molecular complexity index is 308. The van der Waals surface area contributed by atoms with Crippen LogP contribution in [0.25, 0.3) is 0 Å². The van der Waals surface area contributed by atoms with Gasteiger partial charge in [0.25, 0.3) is 0 Å². The summed E-state index contributed by atoms with van der Waals surface area (Å²) in [6, 6.07) is 3.62. The van der Waals surface area contributed by atoms with Crippen molar-refractivity contribution in [2.45, 2.75) is 0 Å². The highest BCUT2D eigenvalue weighted by molar-refractivity contribution is 5.86. The molecule has 1 aromatic rings. The van der Waals surface area contributed by atoms with Crippen LogP contribution in [0.1, 0.15) is 0 Å². The van der Waals surface area contributed by atoms with Crippen molar-refractivity contribution in [2.24, 2.45) is 10.7 Å². The number of ether oxygens (including phenoxy) is 1. The average molecular weight is 149 g/mol. The summed E-state index contributed by atoms with van der Waals surface area (Å²) in [4.78, 5) is 7.98. The molecule has 2 rings (SSSR count). The second kappa shape index (κ2) is 2.23. The minimum Gasteiger partial charge on any atom is -0.482 e. The number of amidine groups is 1. The standard InChI is InChI=1S/C7H7N3O/c8-6-4-11-5-2-1-3-9-7(5)10-6/h1-3H,4H2,(H2,8,9,10). The Morgan fingerprint density at radius 3 is 3.36 bits per heavy atom. The highest BCUT2D eigenvalue weighted by Gasteiger charge is 2.09. The van der Waals surface area contributed by atoms with Gasteiger partial charge in [-0.1, -0.05) is 0 Å². The van der Waals surface area contributed by atoms with Crippen molar-refractivity contribution in [1.82, 2.24) is 4.98 Å². The van der Waals surface area contributed by atoms with Gasteiger partial charge in [0, 0.05) is 6.20 Å². The molecule has 0 radical (unpaired) electrons. The highest BCUT2D eigenvalue weighted by Crippen LogP contribution is 2.25. The molecule has 1 aliphatic heterocycles. The largest absolute Gasteiger partial charge is 0.482 e. The molecule has 0 saturated carbocycles. The number of aliphatic imine (C=N–C) groups is 1. The molecule has 0 aliphatic carbocycles. The van der Waals surface area contributed by atoms with E-state index in [9.17, 15) is 0 Å². The first-order valence-corrected chi connectivity index (χ1v) is 3.27. The molecule has 0 unspecified atom stereocenters. The Hall–Kier alpha value is -1.58. The molecule has 1 aromatic heterocycles. The maximum Gasteiger partial charge on any atom is 0.196 e. The first kappa shape index (κ1) is 6.15. The molecule has 0 spiro atoms. The molecule has 2 N–H and O–H groups in total. The molecule has 4 nitrogen and oxygen atoms in total. The van der Waals surface area contributed by atoms with Crippen LogP contribution in [-0.2, 0) is 0 Å². The van der Waals surface area contributed by atoms with E-state index in [-0.39, 0.29) is 0 Å². The number of hydrogen-bond acceptors (Lipinski definition) is 4. The van der Waals surface area contributed by atoms with Gasteiger partial charge in [-0.25, -0.2) is 9.98 Å². The van der Waals surface area contributed by atoms with Crippen molar-refractivity contribution in [2.75, 3.05) is 6.61 Å². The molecule has 1 aliphatic rings. The van der Waals surface area contributed by atoms with E-state index in [1.807, 2.05) is 6.07 Å². The van der Waals surface area contributed by atoms with Gasteiger partial charge in [0.2, 0.25) is 0 Å². The molecule has 11 heavy (non-hydrogen) atoms. The lowest BCUT2D eigenvalue weighted by atomic mass is 10.4. The van der Waals surface area contributed by atoms with Gasteiger partial charge in [0.1, 0.15) is 12.4 Å². The summed E-state index contributed by atoms with van der Waals surface area (Å²) in [6.07, 6.45) is 1.66. The molecule has 4 heteroatoms. The lowest BCUT2D eigenvalue weighted by Gasteiger charge is -2.12. The number of fused-ring (bicyclic) bond motifs is 1. The number of hydrogen-bond donors (Lipinski definition) is 1. The van der Waals surface area contributed by atoms with Gasteiger partial charge in [-0.05, 0) is 12.1 Å². The molecular formula is C7H7N3O. The normalized spacial score (nSPS) is 14.7. The van der Waals surface area contributed by atoms with Crippen LogP contribution in [0.3, 0.4) is 0 Å². The third kappa shape index (κ3) is 1.02. The van der Waals surface area contributed by atoms with Crippen LogP contribution in [0.2, 0.25) is 0 Å². The van der Waals surface area contributed by atoms with E-state index >= 15 is 0 Å². The molecule has 0 atom stereocenters. The number of pyridine rings is 1. The van der Waals surface area contributed by atoms with E-state index < -0.39 is 0 Å². The van der Waals surface area contributed by atoms with E-state index in [1.165, 1.54) is 0 Å². The van der Waals surface area contributed by atoms with Crippen molar-refractivity contribution in [3.8, 4) is 5.75 Å². The Morgan fingerprint density at radius 1 is 1.55 bits per heavy atom. The summed E-state index contributed by atoms with van der Waals surface area (Å²) >= 11 is 0. The smallest absolute Gasteiger partial charge is 0.196 e. The summed E-state index contributed by atoms with van der Waals surface area (Å²) in [5.41, 5.74) is 5.43. The summed E-state index contributed by atoms with van der Waals surface area (Å²) in [7, 11) is 0. The number of nitrogens with zero attached hydrogens (tertiary/aromatic N) is 2. The molecule has 56 valence electrons. The summed E-state index contributed by atoms with van der Waals surface area (Å²) in [5.74, 6) is 1.73. The fraction of sp³-hybridized carbons (Fsp3) is 0.143. The Labute approximate surface area is 63.7 Å². The third-order valence-corrected chi connectivity index (χ3v) is 1.38. The van der Waals surface area contributed by atoms with Gasteiger partial charge in [-0.15, -0.1) is 0 Å². The van der Waals surface area contributed by atoms with E-state index in [0.29, 0.717) is 24.0 Å². The lowest BCUT2D eigenvalue weighted by Crippen LogP contribution is -2.23. The zero-order valence-electron chi connectivity index (χ0n) is 5.82. The monoisotopic (exact) mass is 149 g/mol. The maximum atomic E-state index is 5.43. The second-order valence-electron chi connectivity index (χ2n) is 2.22. The summed E-state index contributed by atoms with van der Waals surface area (Å²) in [5, 5.41) is 0. The van der Waals surface area contributed by atoms with E-state index in [2.05, 4.69) is 9.98 Å². The molecule has 0 saturated heterocycles. The van der Waals surface area contributed by atoms with Gasteiger partial charge in [-0.2, -0.15) is 0 Å². The molecule has 0 fully saturated rings. The van der Waals surface area contributed by atoms with Crippen molar-refractivity contribution in [3.05, 3.63) is 18.3 Å². The van der Waals surface area contributed by atoms with Gasteiger partial charge in [0.05, 0.1) is 0 Å². The summed E-state index contributed by atoms with van der Waals surface area (Å²) < 4.78 is 5.22. The molecule has 0 aromatic carbocycles. The zero-order chi connectivity index (χ0) is 7.68. The average Bonchev–Trinajstić information content (AvgIpc) is 2.04. The van der Waals surface area contributed by atoms with Crippen LogP contribution >= 0.6 is 0 Å². The Morgan fingerprint density at radius 2 is 2.45 bits per heavy atom. The van der Waals surface area contributed by atoms with Gasteiger partial charge in [-0.3, -0.25) is 0 Å². The van der Waals surface area contributed by atoms with E-state index in [0.717, 1.165) is 0 Å². The van der Waals surface area contributed by atoms with E-state index in [1.54, 1.807) is 12.3 Å². The summed E-state index contributed by atoms with van der Waals surface area (Å²) in [6.45, 7) is 0.360. The molecule has 0 amide bonds. The van der Waals surface area contributed by atoms with Gasteiger partial charge < -0.3 is 10.5 Å². The van der Waals surface area contributed by atoms with Crippen LogP contribution < -0.4 is 10.5 Å². The van der Waals surface area contributed by atoms with Crippen LogP contribution in [0.4, 0.5) is 5.82 Å². The van der Waals surface area contributed by atoms with Crippen molar-refractivity contribution in [3.63, 3.8) is 0 Å². The second-order valence-corrected chi connectivity index (χ2v) is 2.22. The fourth-order valence-corrected chi connectivity index (χ4v) is 0.899. The van der Waals surface area contributed by atoms with Crippen molar-refractivity contribution in [1.29, 1.82) is 0 Å². The van der Waals surface area contributed by atoms with Crippen molar-refractivity contribution >= 4 is 11.7 Å². The number of rotatable bonds is 0. The van der Waals surface area contributed by atoms with Crippen LogP contribution in [0.15, 0.2) is 23.3 Å². The van der Waals surface area contributed by atoms with Gasteiger partial charge in [0.15, 0.2) is 11.6 Å². The number of nitrogens with two attached hydrogens (primary N) is 1. The van der Waals surface area contributed by atoms with E-state index in [4.69, 9.17) is 10.5 Å². The lowest BCUT2D eigenvalue weighted by molar-refractivity contribution is 0.369. The van der Waals surface area contributed by atoms with Crippen LogP contribution in [0, 0.1) is 0 Å². The Balaban J connectivity index is 2.51.